The van der Waals surface area contributed by atoms with Gasteiger partial charge in [0, 0.05) is 29.7 Å². The Bertz CT molecular complexity index is 569. The van der Waals surface area contributed by atoms with E-state index >= 15 is 0 Å². The molecule has 7 heteroatoms. The SMILES string of the molecule is Cc1ncc(CNCc2ccccc2OC(F)(F)F)s1. The van der Waals surface area contributed by atoms with Crippen LogP contribution in [0.3, 0.4) is 0 Å². The van der Waals surface area contributed by atoms with E-state index in [1.807, 2.05) is 6.92 Å². The van der Waals surface area contributed by atoms with Crippen LogP contribution in [0.25, 0.3) is 0 Å². The van der Waals surface area contributed by atoms with Crippen molar-refractivity contribution in [2.45, 2.75) is 26.4 Å². The number of halogens is 3. The highest BCUT2D eigenvalue weighted by atomic mass is 32.1. The van der Waals surface area contributed by atoms with Crippen LogP contribution in [-0.2, 0) is 13.1 Å². The predicted octanol–water partition coefficient (Wildman–Crippen LogP) is 3.64. The summed E-state index contributed by atoms with van der Waals surface area (Å²) in [7, 11) is 0. The minimum Gasteiger partial charge on any atom is -0.405 e. The topological polar surface area (TPSA) is 34.2 Å². The van der Waals surface area contributed by atoms with E-state index in [2.05, 4.69) is 15.0 Å². The van der Waals surface area contributed by atoms with Gasteiger partial charge >= 0.3 is 6.36 Å². The Hall–Kier alpha value is -1.60. The lowest BCUT2D eigenvalue weighted by atomic mass is 10.2. The molecule has 0 aliphatic heterocycles. The monoisotopic (exact) mass is 302 g/mol. The molecule has 0 amide bonds. The van der Waals surface area contributed by atoms with E-state index in [-0.39, 0.29) is 5.75 Å². The molecule has 0 aliphatic carbocycles. The molecule has 0 radical (unpaired) electrons. The van der Waals surface area contributed by atoms with Gasteiger partial charge in [0.25, 0.3) is 0 Å². The highest BCUT2D eigenvalue weighted by molar-refractivity contribution is 7.11. The van der Waals surface area contributed by atoms with Crippen LogP contribution in [-0.4, -0.2) is 11.3 Å². The molecule has 0 fully saturated rings. The molecule has 2 rings (SSSR count). The molecule has 0 bridgehead atoms. The Morgan fingerprint density at radius 2 is 2.00 bits per heavy atom. The van der Waals surface area contributed by atoms with E-state index in [0.29, 0.717) is 18.7 Å². The van der Waals surface area contributed by atoms with E-state index in [4.69, 9.17) is 0 Å². The molecule has 1 heterocycles. The molecule has 0 saturated heterocycles. The maximum absolute atomic E-state index is 12.3. The first-order chi connectivity index (χ1) is 9.44. The Labute approximate surface area is 118 Å². The Balaban J connectivity index is 1.95. The van der Waals surface area contributed by atoms with Gasteiger partial charge in [0.1, 0.15) is 5.75 Å². The first kappa shape index (κ1) is 14.8. The molecule has 1 aromatic heterocycles. The molecule has 0 atom stereocenters. The normalized spacial score (nSPS) is 11.6. The van der Waals surface area contributed by atoms with Gasteiger partial charge in [-0.25, -0.2) is 4.98 Å². The van der Waals surface area contributed by atoms with Crippen LogP contribution in [0.4, 0.5) is 13.2 Å². The maximum Gasteiger partial charge on any atom is 0.573 e. The third kappa shape index (κ3) is 4.50. The van der Waals surface area contributed by atoms with Crippen LogP contribution in [0, 0.1) is 6.92 Å². The van der Waals surface area contributed by atoms with Crippen molar-refractivity contribution in [3.63, 3.8) is 0 Å². The van der Waals surface area contributed by atoms with E-state index in [0.717, 1.165) is 9.88 Å². The molecule has 0 saturated carbocycles. The van der Waals surface area contributed by atoms with Crippen molar-refractivity contribution in [2.24, 2.45) is 0 Å². The Morgan fingerprint density at radius 1 is 1.25 bits per heavy atom. The summed E-state index contributed by atoms with van der Waals surface area (Å²) in [6.45, 7) is 2.76. The van der Waals surface area contributed by atoms with Gasteiger partial charge in [-0.3, -0.25) is 0 Å². The minimum atomic E-state index is -4.68. The number of aryl methyl sites for hydroxylation is 1. The van der Waals surface area contributed by atoms with Gasteiger partial charge in [-0.1, -0.05) is 18.2 Å². The summed E-state index contributed by atoms with van der Waals surface area (Å²) >= 11 is 1.55. The van der Waals surface area contributed by atoms with E-state index < -0.39 is 6.36 Å². The van der Waals surface area contributed by atoms with Crippen molar-refractivity contribution in [3.8, 4) is 5.75 Å². The van der Waals surface area contributed by atoms with Gasteiger partial charge in [-0.05, 0) is 13.0 Å². The fraction of sp³-hybridized carbons (Fsp3) is 0.308. The number of nitrogens with zero attached hydrogens (tertiary/aromatic N) is 1. The van der Waals surface area contributed by atoms with Crippen molar-refractivity contribution in [3.05, 3.63) is 45.9 Å². The van der Waals surface area contributed by atoms with Crippen LogP contribution >= 0.6 is 11.3 Å². The van der Waals surface area contributed by atoms with Crippen LogP contribution < -0.4 is 10.1 Å². The quantitative estimate of drug-likeness (QED) is 0.915. The highest BCUT2D eigenvalue weighted by Gasteiger charge is 2.31. The first-order valence-electron chi connectivity index (χ1n) is 5.90. The van der Waals surface area contributed by atoms with Crippen molar-refractivity contribution >= 4 is 11.3 Å². The standard InChI is InChI=1S/C13H13F3N2OS/c1-9-18-8-11(20-9)7-17-6-10-4-2-3-5-12(10)19-13(14,15)16/h2-5,8,17H,6-7H2,1H3. The van der Waals surface area contributed by atoms with E-state index in [9.17, 15) is 13.2 Å². The average molecular weight is 302 g/mol. The van der Waals surface area contributed by atoms with Crippen molar-refractivity contribution < 1.29 is 17.9 Å². The van der Waals surface area contributed by atoms with Crippen molar-refractivity contribution in [2.75, 3.05) is 0 Å². The number of rotatable bonds is 5. The highest BCUT2D eigenvalue weighted by Crippen LogP contribution is 2.26. The fourth-order valence-electron chi connectivity index (χ4n) is 1.68. The lowest BCUT2D eigenvalue weighted by Gasteiger charge is -2.13. The third-order valence-electron chi connectivity index (χ3n) is 2.48. The van der Waals surface area contributed by atoms with Crippen molar-refractivity contribution in [1.82, 2.24) is 10.3 Å². The van der Waals surface area contributed by atoms with Gasteiger partial charge in [-0.15, -0.1) is 24.5 Å². The molecule has 3 nitrogen and oxygen atoms in total. The Morgan fingerprint density at radius 3 is 2.65 bits per heavy atom. The molecular formula is C13H13F3N2OS. The lowest BCUT2D eigenvalue weighted by Crippen LogP contribution is -2.19. The second-order valence-electron chi connectivity index (χ2n) is 4.10. The number of para-hydroxylation sites is 1. The van der Waals surface area contributed by atoms with Crippen LogP contribution in [0.15, 0.2) is 30.5 Å². The fourth-order valence-corrected chi connectivity index (χ4v) is 2.45. The van der Waals surface area contributed by atoms with E-state index in [1.165, 1.54) is 12.1 Å². The summed E-state index contributed by atoms with van der Waals surface area (Å²) in [6.07, 6.45) is -2.92. The predicted molar refractivity (Wildman–Crippen MR) is 70.5 cm³/mol. The van der Waals surface area contributed by atoms with Gasteiger partial charge in [-0.2, -0.15) is 0 Å². The first-order valence-corrected chi connectivity index (χ1v) is 6.71. The summed E-state index contributed by atoms with van der Waals surface area (Å²) in [5.41, 5.74) is 0.464. The zero-order chi connectivity index (χ0) is 14.6. The number of aromatic nitrogens is 1. The van der Waals surface area contributed by atoms with Crippen LogP contribution in [0.2, 0.25) is 0 Å². The lowest BCUT2D eigenvalue weighted by molar-refractivity contribution is -0.274. The number of benzene rings is 1. The number of hydrogen-bond donors (Lipinski definition) is 1. The maximum atomic E-state index is 12.3. The summed E-state index contributed by atoms with van der Waals surface area (Å²) < 4.78 is 40.8. The molecule has 0 aliphatic rings. The smallest absolute Gasteiger partial charge is 0.405 e. The number of ether oxygens (including phenoxy) is 1. The van der Waals surface area contributed by atoms with Crippen molar-refractivity contribution in [1.29, 1.82) is 0 Å². The van der Waals surface area contributed by atoms with Gasteiger partial charge in [0.05, 0.1) is 5.01 Å². The van der Waals surface area contributed by atoms with Gasteiger partial charge in [0.2, 0.25) is 0 Å². The van der Waals surface area contributed by atoms with Crippen LogP contribution in [0.1, 0.15) is 15.4 Å². The number of thiazole rings is 1. The second kappa shape index (κ2) is 6.23. The summed E-state index contributed by atoms with van der Waals surface area (Å²) in [5.74, 6) is -0.173. The summed E-state index contributed by atoms with van der Waals surface area (Å²) in [5, 5.41) is 4.04. The minimum absolute atomic E-state index is 0.173. The molecule has 0 spiro atoms. The van der Waals surface area contributed by atoms with Gasteiger partial charge in [0.15, 0.2) is 0 Å². The molecular weight excluding hydrogens is 289 g/mol. The number of nitrogens with one attached hydrogen (secondary N) is 1. The average Bonchev–Trinajstić information content (AvgIpc) is 2.75. The van der Waals surface area contributed by atoms with Gasteiger partial charge < -0.3 is 10.1 Å². The largest absolute Gasteiger partial charge is 0.573 e. The number of alkyl halides is 3. The zero-order valence-electron chi connectivity index (χ0n) is 10.7. The second-order valence-corrected chi connectivity index (χ2v) is 5.42. The molecule has 1 aromatic carbocycles. The summed E-state index contributed by atoms with van der Waals surface area (Å²) in [6, 6.07) is 6.10. The van der Waals surface area contributed by atoms with Crippen LogP contribution in [0.5, 0.6) is 5.75 Å². The molecule has 20 heavy (non-hydrogen) atoms. The number of hydrogen-bond acceptors (Lipinski definition) is 4. The summed E-state index contributed by atoms with van der Waals surface area (Å²) in [4.78, 5) is 5.15. The molecule has 0 unspecified atom stereocenters. The Kier molecular flexibility index (Phi) is 4.61. The third-order valence-corrected chi connectivity index (χ3v) is 3.39. The van der Waals surface area contributed by atoms with E-state index in [1.54, 1.807) is 29.7 Å². The molecule has 2 aromatic rings. The zero-order valence-corrected chi connectivity index (χ0v) is 11.5. The molecule has 1 N–H and O–H groups in total. The molecule has 108 valence electrons.